The molecule has 1 heterocycles. The molecule has 3 aromatic rings. The summed E-state index contributed by atoms with van der Waals surface area (Å²) in [4.78, 5) is 26.9. The summed E-state index contributed by atoms with van der Waals surface area (Å²) in [6.45, 7) is 2.41. The van der Waals surface area contributed by atoms with Gasteiger partial charge in [-0.2, -0.15) is 0 Å². The zero-order valence-corrected chi connectivity index (χ0v) is 17.6. The molecule has 1 N–H and O–H groups in total. The van der Waals surface area contributed by atoms with Crippen LogP contribution in [0.2, 0.25) is 5.02 Å². The molecule has 1 atom stereocenters. The van der Waals surface area contributed by atoms with Gasteiger partial charge in [0.15, 0.2) is 6.10 Å². The number of nitrogens with one attached hydrogen (secondary N) is 1. The van der Waals surface area contributed by atoms with Gasteiger partial charge in [-0.1, -0.05) is 41.9 Å². The van der Waals surface area contributed by atoms with Gasteiger partial charge in [0.1, 0.15) is 18.1 Å². The number of ether oxygens (including phenoxy) is 2. The van der Waals surface area contributed by atoms with Crippen LogP contribution in [0.5, 0.6) is 11.5 Å². The highest BCUT2D eigenvalue weighted by Gasteiger charge is 2.31. The van der Waals surface area contributed by atoms with Crippen LogP contribution < -0.4 is 19.7 Å². The SMILES string of the molecule is CC1Oc2cc(NC(=O)c3ccccc3Cl)ccc2N(CCOc2ccccc2)C1=O. The number of amides is 2. The molecule has 1 aliphatic rings. The number of hydrogen-bond donors (Lipinski definition) is 1. The Morgan fingerprint density at radius 2 is 1.84 bits per heavy atom. The minimum Gasteiger partial charge on any atom is -0.492 e. The first-order chi connectivity index (χ1) is 15.0. The van der Waals surface area contributed by atoms with E-state index in [2.05, 4.69) is 5.32 Å². The molecule has 0 saturated heterocycles. The van der Waals surface area contributed by atoms with Gasteiger partial charge in [0.05, 0.1) is 22.8 Å². The van der Waals surface area contributed by atoms with E-state index in [1.807, 2.05) is 30.3 Å². The summed E-state index contributed by atoms with van der Waals surface area (Å²) in [6, 6.07) is 21.5. The van der Waals surface area contributed by atoms with Gasteiger partial charge >= 0.3 is 0 Å². The highest BCUT2D eigenvalue weighted by atomic mass is 35.5. The molecular formula is C24H21ClN2O4. The maximum atomic E-state index is 12.7. The molecule has 1 aliphatic heterocycles. The van der Waals surface area contributed by atoms with Crippen LogP contribution in [-0.4, -0.2) is 31.1 Å². The van der Waals surface area contributed by atoms with Crippen LogP contribution in [0.25, 0.3) is 0 Å². The molecule has 1 unspecified atom stereocenters. The Balaban J connectivity index is 1.49. The second-order valence-electron chi connectivity index (χ2n) is 7.03. The van der Waals surface area contributed by atoms with Crippen molar-refractivity contribution >= 4 is 34.8 Å². The van der Waals surface area contributed by atoms with E-state index < -0.39 is 6.10 Å². The van der Waals surface area contributed by atoms with Gasteiger partial charge in [0, 0.05) is 11.8 Å². The van der Waals surface area contributed by atoms with Crippen molar-refractivity contribution in [3.8, 4) is 11.5 Å². The molecular weight excluding hydrogens is 416 g/mol. The van der Waals surface area contributed by atoms with Crippen molar-refractivity contribution in [2.75, 3.05) is 23.4 Å². The molecule has 2 amide bonds. The van der Waals surface area contributed by atoms with E-state index in [1.165, 1.54) is 0 Å². The minimum atomic E-state index is -0.640. The zero-order chi connectivity index (χ0) is 21.8. The minimum absolute atomic E-state index is 0.142. The van der Waals surface area contributed by atoms with Crippen molar-refractivity contribution in [1.29, 1.82) is 0 Å². The van der Waals surface area contributed by atoms with Crippen LogP contribution >= 0.6 is 11.6 Å². The second-order valence-corrected chi connectivity index (χ2v) is 7.44. The molecule has 6 nitrogen and oxygen atoms in total. The molecule has 0 aromatic heterocycles. The van der Waals surface area contributed by atoms with Crippen molar-refractivity contribution < 1.29 is 19.1 Å². The number of benzene rings is 3. The number of para-hydroxylation sites is 1. The molecule has 0 aliphatic carbocycles. The number of anilines is 2. The van der Waals surface area contributed by atoms with Crippen LogP contribution in [0.3, 0.4) is 0 Å². The predicted molar refractivity (Wildman–Crippen MR) is 120 cm³/mol. The summed E-state index contributed by atoms with van der Waals surface area (Å²) in [5.41, 5.74) is 1.56. The first-order valence-electron chi connectivity index (χ1n) is 9.89. The van der Waals surface area contributed by atoms with Gasteiger partial charge in [0.25, 0.3) is 11.8 Å². The standard InChI is InChI=1S/C24H21ClN2O4/c1-16-24(29)27(13-14-30-18-7-3-2-4-8-18)21-12-11-17(15-22(21)31-16)26-23(28)19-9-5-6-10-20(19)25/h2-12,15-16H,13-14H2,1H3,(H,26,28). The van der Waals surface area contributed by atoms with Crippen molar-refractivity contribution in [3.05, 3.63) is 83.4 Å². The van der Waals surface area contributed by atoms with E-state index in [0.29, 0.717) is 40.9 Å². The number of nitrogens with zero attached hydrogens (tertiary/aromatic N) is 1. The summed E-state index contributed by atoms with van der Waals surface area (Å²) >= 11 is 6.11. The van der Waals surface area contributed by atoms with Gasteiger partial charge in [-0.15, -0.1) is 0 Å². The molecule has 0 fully saturated rings. The Labute approximate surface area is 185 Å². The first kappa shape index (κ1) is 20.8. The van der Waals surface area contributed by atoms with E-state index in [4.69, 9.17) is 21.1 Å². The highest BCUT2D eigenvalue weighted by molar-refractivity contribution is 6.34. The maximum absolute atomic E-state index is 12.7. The number of halogens is 1. The Kier molecular flexibility index (Phi) is 6.09. The fourth-order valence-corrected chi connectivity index (χ4v) is 3.56. The molecule has 0 bridgehead atoms. The van der Waals surface area contributed by atoms with Gasteiger partial charge < -0.3 is 19.7 Å². The smallest absolute Gasteiger partial charge is 0.267 e. The van der Waals surface area contributed by atoms with Crippen molar-refractivity contribution in [3.63, 3.8) is 0 Å². The summed E-state index contributed by atoms with van der Waals surface area (Å²) < 4.78 is 11.5. The number of rotatable bonds is 6. The zero-order valence-electron chi connectivity index (χ0n) is 16.9. The normalized spacial score (nSPS) is 15.1. The van der Waals surface area contributed by atoms with Crippen LogP contribution in [0.1, 0.15) is 17.3 Å². The van der Waals surface area contributed by atoms with Crippen molar-refractivity contribution in [2.45, 2.75) is 13.0 Å². The van der Waals surface area contributed by atoms with E-state index in [0.717, 1.165) is 5.75 Å². The molecule has 0 saturated carbocycles. The summed E-state index contributed by atoms with van der Waals surface area (Å²) in [7, 11) is 0. The lowest BCUT2D eigenvalue weighted by Crippen LogP contribution is -2.46. The van der Waals surface area contributed by atoms with Gasteiger partial charge in [-0.3, -0.25) is 9.59 Å². The van der Waals surface area contributed by atoms with Crippen molar-refractivity contribution in [2.24, 2.45) is 0 Å². The van der Waals surface area contributed by atoms with Crippen LogP contribution in [0, 0.1) is 0 Å². The number of carbonyl (C=O) groups excluding carboxylic acids is 2. The molecule has 7 heteroatoms. The predicted octanol–water partition coefficient (Wildman–Crippen LogP) is 4.79. The monoisotopic (exact) mass is 436 g/mol. The molecule has 158 valence electrons. The van der Waals surface area contributed by atoms with Crippen molar-refractivity contribution in [1.82, 2.24) is 0 Å². The average molecular weight is 437 g/mol. The third-order valence-corrected chi connectivity index (χ3v) is 5.20. The lowest BCUT2D eigenvalue weighted by Gasteiger charge is -2.33. The summed E-state index contributed by atoms with van der Waals surface area (Å²) in [5, 5.41) is 3.20. The van der Waals surface area contributed by atoms with E-state index >= 15 is 0 Å². The summed E-state index contributed by atoms with van der Waals surface area (Å²) in [6.07, 6.45) is -0.640. The molecule has 0 spiro atoms. The van der Waals surface area contributed by atoms with E-state index in [-0.39, 0.29) is 11.8 Å². The molecule has 0 radical (unpaired) electrons. The average Bonchev–Trinajstić information content (AvgIpc) is 2.77. The maximum Gasteiger partial charge on any atom is 0.267 e. The lowest BCUT2D eigenvalue weighted by molar-refractivity contribution is -0.125. The third-order valence-electron chi connectivity index (χ3n) is 4.87. The summed E-state index contributed by atoms with van der Waals surface area (Å²) in [5.74, 6) is 0.800. The Bertz CT molecular complexity index is 1100. The van der Waals surface area contributed by atoms with E-state index in [9.17, 15) is 9.59 Å². The van der Waals surface area contributed by atoms with Crippen LogP contribution in [-0.2, 0) is 4.79 Å². The Morgan fingerprint density at radius 3 is 2.61 bits per heavy atom. The Morgan fingerprint density at radius 1 is 1.10 bits per heavy atom. The van der Waals surface area contributed by atoms with Crippen LogP contribution in [0.4, 0.5) is 11.4 Å². The van der Waals surface area contributed by atoms with E-state index in [1.54, 1.807) is 54.3 Å². The molecule has 31 heavy (non-hydrogen) atoms. The third kappa shape index (κ3) is 4.64. The fourth-order valence-electron chi connectivity index (χ4n) is 3.33. The fraction of sp³-hybridized carbons (Fsp3) is 0.167. The number of fused-ring (bicyclic) bond motifs is 1. The molecule has 3 aromatic carbocycles. The second kappa shape index (κ2) is 9.10. The van der Waals surface area contributed by atoms with Gasteiger partial charge in [-0.25, -0.2) is 0 Å². The largest absolute Gasteiger partial charge is 0.492 e. The Hall–Kier alpha value is -3.51. The van der Waals surface area contributed by atoms with Gasteiger partial charge in [-0.05, 0) is 43.3 Å². The quantitative estimate of drug-likeness (QED) is 0.603. The topological polar surface area (TPSA) is 67.9 Å². The lowest BCUT2D eigenvalue weighted by atomic mass is 10.1. The molecule has 4 rings (SSSR count). The highest BCUT2D eigenvalue weighted by Crippen LogP contribution is 2.36. The van der Waals surface area contributed by atoms with Gasteiger partial charge in [0.2, 0.25) is 0 Å². The van der Waals surface area contributed by atoms with Crippen LogP contribution in [0.15, 0.2) is 72.8 Å². The number of carbonyl (C=O) groups is 2. The first-order valence-corrected chi connectivity index (χ1v) is 10.3. The number of hydrogen-bond acceptors (Lipinski definition) is 4.